The molecule has 0 aliphatic carbocycles. The first-order valence-corrected chi connectivity index (χ1v) is 9.77. The van der Waals surface area contributed by atoms with E-state index >= 15 is 0 Å². The fourth-order valence-electron chi connectivity index (χ4n) is 3.35. The van der Waals surface area contributed by atoms with Gasteiger partial charge in [-0.3, -0.25) is 9.79 Å². The fourth-order valence-corrected chi connectivity index (χ4v) is 3.35. The summed E-state index contributed by atoms with van der Waals surface area (Å²) in [6.45, 7) is 5.50. The monoisotopic (exact) mass is 507 g/mol. The molecule has 1 saturated heterocycles. The van der Waals surface area contributed by atoms with Crippen LogP contribution in [0.2, 0.25) is 0 Å². The van der Waals surface area contributed by atoms with E-state index < -0.39 is 0 Å². The van der Waals surface area contributed by atoms with Crippen LogP contribution in [0.15, 0.2) is 65.7 Å². The molecular weight excluding hydrogens is 477 g/mol. The van der Waals surface area contributed by atoms with Gasteiger partial charge in [0.15, 0.2) is 5.96 Å². The predicted octanol–water partition coefficient (Wildman–Crippen LogP) is 2.88. The number of carbonyl (C=O) groups is 1. The molecule has 0 spiro atoms. The molecule has 1 aliphatic heterocycles. The summed E-state index contributed by atoms with van der Waals surface area (Å²) in [7, 11) is 1.72. The lowest BCUT2D eigenvalue weighted by atomic mass is 10.1. The highest BCUT2D eigenvalue weighted by atomic mass is 127. The van der Waals surface area contributed by atoms with Crippen LogP contribution in [-0.4, -0.2) is 56.5 Å². The minimum atomic E-state index is 0. The molecular formula is C22H30IN5O. The summed E-state index contributed by atoms with van der Waals surface area (Å²) in [6.07, 6.45) is 0. The predicted molar refractivity (Wildman–Crippen MR) is 130 cm³/mol. The first-order valence-electron chi connectivity index (χ1n) is 9.77. The Bertz CT molecular complexity index is 776. The van der Waals surface area contributed by atoms with Crippen molar-refractivity contribution < 1.29 is 4.79 Å². The van der Waals surface area contributed by atoms with E-state index in [1.165, 1.54) is 11.3 Å². The highest BCUT2D eigenvalue weighted by Crippen LogP contribution is 2.15. The summed E-state index contributed by atoms with van der Waals surface area (Å²) in [5, 5.41) is 6.47. The van der Waals surface area contributed by atoms with Crippen molar-refractivity contribution in [3.8, 4) is 0 Å². The number of amides is 1. The van der Waals surface area contributed by atoms with Gasteiger partial charge in [-0.2, -0.15) is 0 Å². The van der Waals surface area contributed by atoms with E-state index in [9.17, 15) is 4.79 Å². The first kappa shape index (κ1) is 23.0. The summed E-state index contributed by atoms with van der Waals surface area (Å²) in [4.78, 5) is 21.1. The Kier molecular flexibility index (Phi) is 9.24. The molecule has 156 valence electrons. The van der Waals surface area contributed by atoms with E-state index in [1.54, 1.807) is 7.05 Å². The molecule has 6 nitrogen and oxygen atoms in total. The Morgan fingerprint density at radius 2 is 1.59 bits per heavy atom. The number of hydrogen-bond acceptors (Lipinski definition) is 3. The van der Waals surface area contributed by atoms with Gasteiger partial charge in [-0.25, -0.2) is 0 Å². The molecule has 1 amide bonds. The van der Waals surface area contributed by atoms with Crippen molar-refractivity contribution in [1.29, 1.82) is 0 Å². The quantitative estimate of drug-likeness (QED) is 0.372. The first-order chi connectivity index (χ1) is 13.7. The summed E-state index contributed by atoms with van der Waals surface area (Å²) >= 11 is 0. The van der Waals surface area contributed by atoms with Gasteiger partial charge >= 0.3 is 0 Å². The van der Waals surface area contributed by atoms with Crippen molar-refractivity contribution in [1.82, 2.24) is 15.5 Å². The third kappa shape index (κ3) is 6.62. The van der Waals surface area contributed by atoms with Gasteiger partial charge in [0.05, 0.1) is 12.6 Å². The van der Waals surface area contributed by atoms with Gasteiger partial charge in [0, 0.05) is 38.9 Å². The number of para-hydroxylation sites is 1. The molecule has 1 fully saturated rings. The van der Waals surface area contributed by atoms with E-state index in [2.05, 4.69) is 51.7 Å². The molecule has 0 aromatic heterocycles. The van der Waals surface area contributed by atoms with Crippen LogP contribution in [0.3, 0.4) is 0 Å². The molecule has 29 heavy (non-hydrogen) atoms. The maximum atomic E-state index is 12.6. The molecule has 2 N–H and O–H groups in total. The molecule has 3 rings (SSSR count). The Morgan fingerprint density at radius 3 is 2.17 bits per heavy atom. The summed E-state index contributed by atoms with van der Waals surface area (Å²) in [6, 6.07) is 20.6. The van der Waals surface area contributed by atoms with E-state index in [1.807, 2.05) is 41.3 Å². The minimum absolute atomic E-state index is 0. The van der Waals surface area contributed by atoms with E-state index in [4.69, 9.17) is 0 Å². The number of nitrogens with zero attached hydrogens (tertiary/aromatic N) is 3. The maximum absolute atomic E-state index is 12.6. The number of hydrogen-bond donors (Lipinski definition) is 2. The second kappa shape index (κ2) is 11.6. The van der Waals surface area contributed by atoms with Gasteiger partial charge in [0.1, 0.15) is 0 Å². The standard InChI is InChI=1S/C22H29N5O.HI/c1-18(19-9-5-3-6-10-19)25-22(23-2)24-17-21(28)27-15-13-26(14-16-27)20-11-7-4-8-12-20;/h3-12,18H,13-17H2,1-2H3,(H2,23,24,25);1H. The lowest BCUT2D eigenvalue weighted by molar-refractivity contribution is -0.130. The van der Waals surface area contributed by atoms with Crippen molar-refractivity contribution in [3.05, 3.63) is 66.2 Å². The highest BCUT2D eigenvalue weighted by Gasteiger charge is 2.21. The zero-order valence-corrected chi connectivity index (χ0v) is 19.4. The van der Waals surface area contributed by atoms with Gasteiger partial charge < -0.3 is 20.4 Å². The fraction of sp³-hybridized carbons (Fsp3) is 0.364. The number of halogens is 1. The Hall–Kier alpha value is -2.29. The second-order valence-electron chi connectivity index (χ2n) is 6.91. The third-order valence-corrected chi connectivity index (χ3v) is 5.04. The van der Waals surface area contributed by atoms with Crippen molar-refractivity contribution in [2.45, 2.75) is 13.0 Å². The second-order valence-corrected chi connectivity index (χ2v) is 6.91. The van der Waals surface area contributed by atoms with Crippen LogP contribution < -0.4 is 15.5 Å². The Balaban J connectivity index is 0.00000300. The molecule has 7 heteroatoms. The van der Waals surface area contributed by atoms with Crippen LogP contribution in [0.25, 0.3) is 0 Å². The number of anilines is 1. The van der Waals surface area contributed by atoms with Crippen LogP contribution in [0.5, 0.6) is 0 Å². The van der Waals surface area contributed by atoms with Crippen molar-refractivity contribution in [2.75, 3.05) is 44.7 Å². The number of carbonyl (C=O) groups excluding carboxylic acids is 1. The largest absolute Gasteiger partial charge is 0.368 e. The lowest BCUT2D eigenvalue weighted by Gasteiger charge is -2.36. The summed E-state index contributed by atoms with van der Waals surface area (Å²) < 4.78 is 0. The average molecular weight is 507 g/mol. The number of benzene rings is 2. The molecule has 2 aromatic rings. The zero-order chi connectivity index (χ0) is 19.8. The van der Waals surface area contributed by atoms with Crippen LogP contribution in [0, 0.1) is 0 Å². The summed E-state index contributed by atoms with van der Waals surface area (Å²) in [5.41, 5.74) is 2.39. The molecule has 1 atom stereocenters. The zero-order valence-electron chi connectivity index (χ0n) is 17.0. The van der Waals surface area contributed by atoms with Crippen LogP contribution in [0.4, 0.5) is 5.69 Å². The van der Waals surface area contributed by atoms with Crippen molar-refractivity contribution in [3.63, 3.8) is 0 Å². The van der Waals surface area contributed by atoms with Crippen molar-refractivity contribution in [2.24, 2.45) is 4.99 Å². The van der Waals surface area contributed by atoms with Gasteiger partial charge in [-0.15, -0.1) is 24.0 Å². The van der Waals surface area contributed by atoms with Crippen LogP contribution in [0.1, 0.15) is 18.5 Å². The molecule has 1 heterocycles. The van der Waals surface area contributed by atoms with Gasteiger partial charge in [0.2, 0.25) is 5.91 Å². The smallest absolute Gasteiger partial charge is 0.242 e. The van der Waals surface area contributed by atoms with Crippen molar-refractivity contribution >= 4 is 41.5 Å². The molecule has 0 bridgehead atoms. The third-order valence-electron chi connectivity index (χ3n) is 5.04. The average Bonchev–Trinajstić information content (AvgIpc) is 2.77. The number of guanidine groups is 1. The number of nitrogens with one attached hydrogen (secondary N) is 2. The molecule has 0 saturated carbocycles. The van der Waals surface area contributed by atoms with Crippen LogP contribution >= 0.6 is 24.0 Å². The van der Waals surface area contributed by atoms with Gasteiger partial charge in [-0.1, -0.05) is 48.5 Å². The Morgan fingerprint density at radius 1 is 1.00 bits per heavy atom. The molecule has 1 unspecified atom stereocenters. The Labute approximate surface area is 190 Å². The number of aliphatic imine (C=N–C) groups is 1. The van der Waals surface area contributed by atoms with E-state index in [0.29, 0.717) is 5.96 Å². The SMILES string of the molecule is CN=C(NCC(=O)N1CCN(c2ccccc2)CC1)NC(C)c1ccccc1.I. The van der Waals surface area contributed by atoms with E-state index in [-0.39, 0.29) is 42.5 Å². The minimum Gasteiger partial charge on any atom is -0.368 e. The number of piperazine rings is 1. The topological polar surface area (TPSA) is 60.0 Å². The van der Waals surface area contributed by atoms with Gasteiger partial charge in [0.25, 0.3) is 0 Å². The van der Waals surface area contributed by atoms with Gasteiger partial charge in [-0.05, 0) is 24.6 Å². The normalized spacial score (nSPS) is 15.3. The summed E-state index contributed by atoms with van der Waals surface area (Å²) in [5.74, 6) is 0.732. The highest BCUT2D eigenvalue weighted by molar-refractivity contribution is 14.0. The molecule has 0 radical (unpaired) electrons. The number of rotatable bonds is 5. The molecule has 1 aliphatic rings. The maximum Gasteiger partial charge on any atom is 0.242 e. The molecule has 2 aromatic carbocycles. The van der Waals surface area contributed by atoms with E-state index in [0.717, 1.165) is 26.2 Å². The lowest BCUT2D eigenvalue weighted by Crippen LogP contribution is -2.52. The van der Waals surface area contributed by atoms with Crippen LogP contribution in [-0.2, 0) is 4.79 Å².